The van der Waals surface area contributed by atoms with Gasteiger partial charge in [-0.15, -0.1) is 21.5 Å². The molecule has 0 fully saturated rings. The zero-order chi connectivity index (χ0) is 15.1. The molecule has 2 heterocycles. The fourth-order valence-corrected chi connectivity index (χ4v) is 3.28. The van der Waals surface area contributed by atoms with Crippen LogP contribution < -0.4 is 5.73 Å². The highest BCUT2D eigenvalue weighted by atomic mass is 32.2. The van der Waals surface area contributed by atoms with Crippen LogP contribution in [-0.4, -0.2) is 39.6 Å². The van der Waals surface area contributed by atoms with E-state index in [9.17, 15) is 4.79 Å². The second kappa shape index (κ2) is 8.16. The number of amides is 1. The van der Waals surface area contributed by atoms with Gasteiger partial charge in [-0.3, -0.25) is 4.79 Å². The number of thioether (sulfide) groups is 1. The molecule has 0 spiro atoms. The largest absolute Gasteiger partial charge is 0.381 e. The zero-order valence-corrected chi connectivity index (χ0v) is 13.5. The first kappa shape index (κ1) is 16.0. The summed E-state index contributed by atoms with van der Waals surface area (Å²) in [4.78, 5) is 12.1. The molecule has 2 N–H and O–H groups in total. The minimum absolute atomic E-state index is 0.273. The molecule has 2 aromatic rings. The highest BCUT2D eigenvalue weighted by Crippen LogP contribution is 2.27. The lowest BCUT2D eigenvalue weighted by Crippen LogP contribution is -2.15. The Hall–Kier alpha value is -1.38. The van der Waals surface area contributed by atoms with Crippen LogP contribution in [0, 0.1) is 0 Å². The Morgan fingerprint density at radius 2 is 2.38 bits per heavy atom. The van der Waals surface area contributed by atoms with Crippen molar-refractivity contribution in [2.75, 3.05) is 19.0 Å². The molecule has 0 aliphatic heterocycles. The van der Waals surface area contributed by atoms with E-state index in [4.69, 9.17) is 10.5 Å². The van der Waals surface area contributed by atoms with Gasteiger partial charge in [-0.25, -0.2) is 0 Å². The van der Waals surface area contributed by atoms with Crippen molar-refractivity contribution in [2.45, 2.75) is 25.0 Å². The van der Waals surface area contributed by atoms with E-state index in [2.05, 4.69) is 10.2 Å². The first-order valence-corrected chi connectivity index (χ1v) is 8.54. The number of nitrogens with zero attached hydrogens (tertiary/aromatic N) is 3. The average Bonchev–Trinajstić information content (AvgIpc) is 3.10. The third-order valence-electron chi connectivity index (χ3n) is 2.70. The van der Waals surface area contributed by atoms with Crippen molar-refractivity contribution < 1.29 is 9.53 Å². The van der Waals surface area contributed by atoms with E-state index < -0.39 is 0 Å². The molecule has 0 saturated carbocycles. The Balaban J connectivity index is 2.13. The van der Waals surface area contributed by atoms with Gasteiger partial charge >= 0.3 is 0 Å². The molecule has 2 rings (SSSR count). The minimum atomic E-state index is -0.328. The molecule has 8 heteroatoms. The van der Waals surface area contributed by atoms with E-state index in [1.54, 1.807) is 23.1 Å². The highest BCUT2D eigenvalue weighted by molar-refractivity contribution is 7.99. The van der Waals surface area contributed by atoms with Crippen LogP contribution in [0.15, 0.2) is 22.7 Å². The smallest absolute Gasteiger partial charge is 0.219 e. The van der Waals surface area contributed by atoms with E-state index in [0.717, 1.165) is 21.6 Å². The molecule has 0 atom stereocenters. The van der Waals surface area contributed by atoms with Crippen LogP contribution in [0.1, 0.15) is 13.3 Å². The first-order valence-electron chi connectivity index (χ1n) is 6.68. The maximum Gasteiger partial charge on any atom is 0.219 e. The number of rotatable bonds is 9. The summed E-state index contributed by atoms with van der Waals surface area (Å²) in [5, 5.41) is 11.2. The Bertz CT molecular complexity index is 569. The van der Waals surface area contributed by atoms with Crippen molar-refractivity contribution in [3.63, 3.8) is 0 Å². The van der Waals surface area contributed by atoms with E-state index >= 15 is 0 Å². The second-order valence-corrected chi connectivity index (χ2v) is 6.21. The molecular weight excluding hydrogens is 308 g/mol. The summed E-state index contributed by atoms with van der Waals surface area (Å²) in [6.45, 7) is 3.83. The molecule has 0 unspecified atom stereocenters. The number of hydrogen-bond acceptors (Lipinski definition) is 6. The van der Waals surface area contributed by atoms with E-state index in [0.29, 0.717) is 19.8 Å². The third kappa shape index (κ3) is 4.55. The number of primary amides is 1. The molecule has 6 nitrogen and oxygen atoms in total. The van der Waals surface area contributed by atoms with Gasteiger partial charge in [0.1, 0.15) is 0 Å². The molecule has 2 aromatic heterocycles. The third-order valence-corrected chi connectivity index (χ3v) is 4.50. The fraction of sp³-hybridized carbons (Fsp3) is 0.462. The predicted octanol–water partition coefficient (Wildman–Crippen LogP) is 2.01. The Kier molecular flexibility index (Phi) is 6.21. The average molecular weight is 326 g/mol. The molecule has 114 valence electrons. The molecule has 0 aliphatic carbocycles. The summed E-state index contributed by atoms with van der Waals surface area (Å²) in [5.74, 6) is 1.25. The Morgan fingerprint density at radius 1 is 1.52 bits per heavy atom. The van der Waals surface area contributed by atoms with Gasteiger partial charge in [-0.1, -0.05) is 17.8 Å². The van der Waals surface area contributed by atoms with Crippen LogP contribution in [0.4, 0.5) is 0 Å². The zero-order valence-electron chi connectivity index (χ0n) is 11.8. The lowest BCUT2D eigenvalue weighted by atomic mass is 10.4. The maximum absolute atomic E-state index is 11.0. The van der Waals surface area contributed by atoms with Crippen molar-refractivity contribution in [3.05, 3.63) is 17.5 Å². The quantitative estimate of drug-likeness (QED) is 0.563. The maximum atomic E-state index is 11.0. The second-order valence-electron chi connectivity index (χ2n) is 4.20. The number of nitrogens with two attached hydrogens (primary N) is 1. The predicted molar refractivity (Wildman–Crippen MR) is 84.4 cm³/mol. The summed E-state index contributed by atoms with van der Waals surface area (Å²) in [5.41, 5.74) is 5.25. The van der Waals surface area contributed by atoms with Crippen molar-refractivity contribution >= 4 is 29.0 Å². The number of thiophene rings is 1. The van der Waals surface area contributed by atoms with Gasteiger partial charge in [-0.2, -0.15) is 0 Å². The van der Waals surface area contributed by atoms with Gasteiger partial charge in [0.2, 0.25) is 5.91 Å². The van der Waals surface area contributed by atoms with Gasteiger partial charge in [0.25, 0.3) is 0 Å². The molecule has 0 saturated heterocycles. The first-order chi connectivity index (χ1) is 10.2. The van der Waals surface area contributed by atoms with Crippen LogP contribution in [0.25, 0.3) is 10.7 Å². The summed E-state index contributed by atoms with van der Waals surface area (Å²) < 4.78 is 7.27. The van der Waals surface area contributed by atoms with Crippen molar-refractivity contribution in [3.8, 4) is 10.7 Å². The molecule has 1 amide bonds. The summed E-state index contributed by atoms with van der Waals surface area (Å²) in [6, 6.07) is 3.96. The fourth-order valence-electron chi connectivity index (χ4n) is 1.74. The highest BCUT2D eigenvalue weighted by Gasteiger charge is 2.15. The van der Waals surface area contributed by atoms with Gasteiger partial charge in [0.05, 0.1) is 11.5 Å². The van der Waals surface area contributed by atoms with E-state index in [1.807, 2.05) is 29.0 Å². The van der Waals surface area contributed by atoms with E-state index in [-0.39, 0.29) is 12.3 Å². The van der Waals surface area contributed by atoms with Gasteiger partial charge in [0, 0.05) is 25.3 Å². The molecule has 21 heavy (non-hydrogen) atoms. The lowest BCUT2D eigenvalue weighted by Gasteiger charge is -2.08. The van der Waals surface area contributed by atoms with Crippen LogP contribution in [0.3, 0.4) is 0 Å². The SMILES string of the molecule is CCOCCSc1nnc(-c2cccs2)n1CCC(N)=O. The van der Waals surface area contributed by atoms with Crippen LogP contribution in [0.2, 0.25) is 0 Å². The number of ether oxygens (including phenoxy) is 1. The number of carbonyl (C=O) groups excluding carboxylic acids is 1. The normalized spacial score (nSPS) is 10.9. The van der Waals surface area contributed by atoms with Gasteiger partial charge < -0.3 is 15.0 Å². The Morgan fingerprint density at radius 3 is 3.05 bits per heavy atom. The van der Waals surface area contributed by atoms with Crippen LogP contribution in [0.5, 0.6) is 0 Å². The molecule has 0 aliphatic rings. The lowest BCUT2D eigenvalue weighted by molar-refractivity contribution is -0.118. The molecule has 0 radical (unpaired) electrons. The van der Waals surface area contributed by atoms with Crippen molar-refractivity contribution in [2.24, 2.45) is 5.73 Å². The van der Waals surface area contributed by atoms with E-state index in [1.165, 1.54) is 0 Å². The number of hydrogen-bond donors (Lipinski definition) is 1. The summed E-state index contributed by atoms with van der Waals surface area (Å²) in [7, 11) is 0. The van der Waals surface area contributed by atoms with Crippen molar-refractivity contribution in [1.29, 1.82) is 0 Å². The van der Waals surface area contributed by atoms with Gasteiger partial charge in [-0.05, 0) is 18.4 Å². The van der Waals surface area contributed by atoms with Crippen LogP contribution in [-0.2, 0) is 16.1 Å². The minimum Gasteiger partial charge on any atom is -0.381 e. The topological polar surface area (TPSA) is 83.0 Å². The summed E-state index contributed by atoms with van der Waals surface area (Å²) >= 11 is 3.17. The number of aromatic nitrogens is 3. The van der Waals surface area contributed by atoms with Crippen molar-refractivity contribution in [1.82, 2.24) is 14.8 Å². The van der Waals surface area contributed by atoms with Gasteiger partial charge in [0.15, 0.2) is 11.0 Å². The molecular formula is C13H18N4O2S2. The Labute approximate surface area is 131 Å². The molecule has 0 bridgehead atoms. The number of carbonyl (C=O) groups is 1. The standard InChI is InChI=1S/C13H18N4O2S2/c1-2-19-7-9-21-13-16-15-12(10-4-3-8-20-10)17(13)6-5-11(14)18/h3-4,8H,2,5-7,9H2,1H3,(H2,14,18). The van der Waals surface area contributed by atoms with Crippen LogP contribution >= 0.6 is 23.1 Å². The monoisotopic (exact) mass is 326 g/mol. The molecule has 0 aromatic carbocycles. The summed E-state index contributed by atoms with van der Waals surface area (Å²) in [6.07, 6.45) is 0.273.